The Labute approximate surface area is 141 Å². The van der Waals surface area contributed by atoms with E-state index < -0.39 is 5.91 Å². The molecule has 2 amide bonds. The monoisotopic (exact) mass is 338 g/mol. The zero-order valence-corrected chi connectivity index (χ0v) is 14.6. The first-order chi connectivity index (χ1) is 11.2. The largest absolute Gasteiger partial charge is 0.515 e. The Morgan fingerprint density at radius 3 is 2.57 bits per heavy atom. The molecule has 0 atom stereocenters. The summed E-state index contributed by atoms with van der Waals surface area (Å²) in [7, 11) is 0. The lowest BCUT2D eigenvalue weighted by molar-refractivity contribution is -0.122. The summed E-state index contributed by atoms with van der Waals surface area (Å²) in [4.78, 5) is 23.9. The maximum Gasteiger partial charge on any atom is 0.255 e. The number of carbonyl (C=O) groups excluding carboxylic acids is 2. The van der Waals surface area contributed by atoms with Gasteiger partial charge in [0.2, 0.25) is 5.91 Å². The first-order valence-corrected chi connectivity index (χ1v) is 9.09. The van der Waals surface area contributed by atoms with Gasteiger partial charge in [-0.05, 0) is 24.3 Å². The Bertz CT molecular complexity index is 506. The smallest absolute Gasteiger partial charge is 0.255 e. The van der Waals surface area contributed by atoms with Crippen LogP contribution < -0.4 is 10.6 Å². The number of aliphatic hydroxyl groups is 1. The van der Waals surface area contributed by atoms with Gasteiger partial charge in [0.25, 0.3) is 5.91 Å². The minimum atomic E-state index is -0.449. The van der Waals surface area contributed by atoms with Crippen LogP contribution in [0.25, 0.3) is 0 Å². The lowest BCUT2D eigenvalue weighted by Gasteiger charge is -2.22. The molecular formula is C17H26N2O3S. The Hall–Kier alpha value is -1.82. The van der Waals surface area contributed by atoms with Crippen molar-refractivity contribution in [2.45, 2.75) is 58.4 Å². The number of hydrogen-bond donors (Lipinski definition) is 3. The molecule has 1 aliphatic carbocycles. The van der Waals surface area contributed by atoms with E-state index in [9.17, 15) is 14.7 Å². The Kier molecular flexibility index (Phi) is 9.05. The molecule has 128 valence electrons. The average molecular weight is 338 g/mol. The van der Waals surface area contributed by atoms with Crippen molar-refractivity contribution >= 4 is 28.8 Å². The highest BCUT2D eigenvalue weighted by Crippen LogP contribution is 2.18. The van der Waals surface area contributed by atoms with Crippen molar-refractivity contribution in [3.8, 4) is 0 Å². The lowest BCUT2D eigenvalue weighted by atomic mass is 9.95. The number of hydrogen-bond acceptors (Lipinski definition) is 4. The van der Waals surface area contributed by atoms with Gasteiger partial charge in [0, 0.05) is 11.4 Å². The predicted molar refractivity (Wildman–Crippen MR) is 94.6 cm³/mol. The molecule has 1 aliphatic rings. The molecule has 0 aromatic carbocycles. The van der Waals surface area contributed by atoms with E-state index in [4.69, 9.17) is 0 Å². The molecule has 1 aromatic rings. The second-order valence-corrected chi connectivity index (χ2v) is 5.98. The summed E-state index contributed by atoms with van der Waals surface area (Å²) in [5, 5.41) is 18.4. The van der Waals surface area contributed by atoms with Crippen molar-refractivity contribution in [1.82, 2.24) is 5.32 Å². The van der Waals surface area contributed by atoms with Gasteiger partial charge in [0.15, 0.2) is 0 Å². The number of thiophene rings is 1. The van der Waals surface area contributed by atoms with Gasteiger partial charge in [-0.2, -0.15) is 11.3 Å². The molecule has 1 fully saturated rings. The van der Waals surface area contributed by atoms with Gasteiger partial charge in [0.05, 0.1) is 23.9 Å². The summed E-state index contributed by atoms with van der Waals surface area (Å²) >= 11 is 1.46. The van der Waals surface area contributed by atoms with Crippen molar-refractivity contribution in [2.24, 2.45) is 0 Å². The van der Waals surface area contributed by atoms with E-state index in [0.29, 0.717) is 11.9 Å². The van der Waals surface area contributed by atoms with Gasteiger partial charge < -0.3 is 15.7 Å². The minimum absolute atomic E-state index is 0.0644. The topological polar surface area (TPSA) is 78.4 Å². The molecule has 1 aromatic heterocycles. The third kappa shape index (κ3) is 6.86. The van der Waals surface area contributed by atoms with Crippen molar-refractivity contribution in [3.05, 3.63) is 28.7 Å². The van der Waals surface area contributed by atoms with Gasteiger partial charge >= 0.3 is 0 Å². The molecule has 23 heavy (non-hydrogen) atoms. The van der Waals surface area contributed by atoms with Crippen LogP contribution >= 0.6 is 11.3 Å². The van der Waals surface area contributed by atoms with Gasteiger partial charge in [-0.3, -0.25) is 9.59 Å². The first-order valence-electron chi connectivity index (χ1n) is 8.15. The zero-order valence-electron chi connectivity index (χ0n) is 13.8. The predicted octanol–water partition coefficient (Wildman–Crippen LogP) is 3.99. The third-order valence-corrected chi connectivity index (χ3v) is 4.23. The SMILES string of the molecule is CC.O=C(C/C(=C\O)C(=O)Nc1ccsc1)NC1CCCCC1. The fourth-order valence-corrected chi connectivity index (χ4v) is 3.02. The third-order valence-electron chi connectivity index (χ3n) is 3.55. The molecule has 1 heterocycles. The van der Waals surface area contributed by atoms with Crippen LogP contribution in [0.1, 0.15) is 52.4 Å². The second kappa shape index (κ2) is 10.8. The lowest BCUT2D eigenvalue weighted by Crippen LogP contribution is -2.36. The van der Waals surface area contributed by atoms with Crippen molar-refractivity contribution in [2.75, 3.05) is 5.32 Å². The van der Waals surface area contributed by atoms with Gasteiger partial charge in [-0.25, -0.2) is 0 Å². The molecule has 0 radical (unpaired) electrons. The maximum absolute atomic E-state index is 12.0. The van der Waals surface area contributed by atoms with Gasteiger partial charge in [-0.1, -0.05) is 33.1 Å². The Balaban J connectivity index is 0.00000127. The molecule has 0 saturated heterocycles. The average Bonchev–Trinajstić information content (AvgIpc) is 3.08. The van der Waals surface area contributed by atoms with E-state index in [0.717, 1.165) is 25.7 Å². The van der Waals surface area contributed by atoms with E-state index >= 15 is 0 Å². The number of amides is 2. The molecular weight excluding hydrogens is 312 g/mol. The van der Waals surface area contributed by atoms with Crippen LogP contribution in [-0.4, -0.2) is 23.0 Å². The van der Waals surface area contributed by atoms with Crippen molar-refractivity contribution < 1.29 is 14.7 Å². The molecule has 2 rings (SSSR count). The fourth-order valence-electron chi connectivity index (χ4n) is 2.43. The molecule has 0 bridgehead atoms. The maximum atomic E-state index is 12.0. The quantitative estimate of drug-likeness (QED) is 0.561. The van der Waals surface area contributed by atoms with Crippen LogP contribution in [0.2, 0.25) is 0 Å². The standard InChI is InChI=1S/C15H20N2O3S.C2H6/c18-9-11(15(20)17-13-6-7-21-10-13)8-14(19)16-12-4-2-1-3-5-12;1-2/h6-7,9-10,12,18H,1-5,8H2,(H,16,19)(H,17,20);1-2H3/b11-9+;. The van der Waals surface area contributed by atoms with Crippen molar-refractivity contribution in [3.63, 3.8) is 0 Å². The molecule has 3 N–H and O–H groups in total. The van der Waals surface area contributed by atoms with E-state index in [-0.39, 0.29) is 23.9 Å². The Morgan fingerprint density at radius 1 is 1.30 bits per heavy atom. The minimum Gasteiger partial charge on any atom is -0.515 e. The van der Waals surface area contributed by atoms with Gasteiger partial charge in [-0.15, -0.1) is 0 Å². The number of nitrogens with one attached hydrogen (secondary N) is 2. The van der Waals surface area contributed by atoms with Crippen LogP contribution in [0.3, 0.4) is 0 Å². The van der Waals surface area contributed by atoms with Crippen LogP contribution in [-0.2, 0) is 9.59 Å². The van der Waals surface area contributed by atoms with Crippen LogP contribution in [0, 0.1) is 0 Å². The molecule has 6 heteroatoms. The summed E-state index contributed by atoms with van der Waals surface area (Å²) in [6.45, 7) is 4.00. The van der Waals surface area contributed by atoms with Crippen LogP contribution in [0.5, 0.6) is 0 Å². The van der Waals surface area contributed by atoms with E-state index in [1.165, 1.54) is 17.8 Å². The first kappa shape index (κ1) is 19.2. The normalized spacial score (nSPS) is 15.3. The summed E-state index contributed by atoms with van der Waals surface area (Å²) in [5.41, 5.74) is 0.728. The van der Waals surface area contributed by atoms with Crippen LogP contribution in [0.4, 0.5) is 5.69 Å². The summed E-state index contributed by atoms with van der Waals surface area (Å²) in [6.07, 6.45) is 6.07. The number of anilines is 1. The summed E-state index contributed by atoms with van der Waals surface area (Å²) in [5.74, 6) is -0.669. The second-order valence-electron chi connectivity index (χ2n) is 5.20. The van der Waals surface area contributed by atoms with E-state index in [1.54, 1.807) is 11.4 Å². The van der Waals surface area contributed by atoms with E-state index in [1.807, 2.05) is 19.2 Å². The highest BCUT2D eigenvalue weighted by molar-refractivity contribution is 7.08. The summed E-state index contributed by atoms with van der Waals surface area (Å²) < 4.78 is 0. The molecule has 0 aliphatic heterocycles. The molecule has 0 spiro atoms. The van der Waals surface area contributed by atoms with Gasteiger partial charge in [0.1, 0.15) is 0 Å². The molecule has 0 unspecified atom stereocenters. The van der Waals surface area contributed by atoms with Crippen LogP contribution in [0.15, 0.2) is 28.7 Å². The van der Waals surface area contributed by atoms with Crippen molar-refractivity contribution in [1.29, 1.82) is 0 Å². The zero-order chi connectivity index (χ0) is 17.1. The highest BCUT2D eigenvalue weighted by atomic mass is 32.1. The summed E-state index contributed by atoms with van der Waals surface area (Å²) in [6, 6.07) is 1.96. The number of rotatable bonds is 5. The molecule has 5 nitrogen and oxygen atoms in total. The fraction of sp³-hybridized carbons (Fsp3) is 0.529. The number of carbonyl (C=O) groups is 2. The van der Waals surface area contributed by atoms with E-state index in [2.05, 4.69) is 10.6 Å². The number of aliphatic hydroxyl groups excluding tert-OH is 1. The molecule has 1 saturated carbocycles. The highest BCUT2D eigenvalue weighted by Gasteiger charge is 2.19. The Morgan fingerprint density at radius 2 is 2.00 bits per heavy atom.